The molecule has 358 valence electrons. The van der Waals surface area contributed by atoms with E-state index in [0.717, 1.165) is 99.9 Å². The zero-order valence-electron chi connectivity index (χ0n) is 39.1. The van der Waals surface area contributed by atoms with E-state index in [1.54, 1.807) is 0 Å². The summed E-state index contributed by atoms with van der Waals surface area (Å²) in [6.45, 7) is 3.96. The number of rotatable bonds is 15. The second-order valence-electron chi connectivity index (χ2n) is 17.1. The normalized spacial score (nSPS) is 17.0. The lowest BCUT2D eigenvalue weighted by molar-refractivity contribution is -0.143. The number of likely N-dealkylation sites (tertiary alicyclic amines) is 2. The lowest BCUT2D eigenvalue weighted by Gasteiger charge is -2.18. The van der Waals surface area contributed by atoms with E-state index in [1.165, 1.54) is 21.3 Å². The molecule has 2 aliphatic rings. The molecule has 0 aliphatic carbocycles. The quantitative estimate of drug-likeness (QED) is 0.0294. The summed E-state index contributed by atoms with van der Waals surface area (Å²) in [5.74, 6) is 0.619. The molecule has 4 unspecified atom stereocenters. The minimum Gasteiger partial charge on any atom is -0.489 e. The highest BCUT2D eigenvalue weighted by atomic mass is 128. The monoisotopic (exact) mass is 1150 g/mol. The number of oxime groups is 1. The van der Waals surface area contributed by atoms with Gasteiger partial charge in [-0.1, -0.05) is 90.1 Å². The average Bonchev–Trinajstić information content (AvgIpc) is 3.98. The zero-order chi connectivity index (χ0) is 48.7. The van der Waals surface area contributed by atoms with E-state index >= 15 is 0 Å². The van der Waals surface area contributed by atoms with Crippen molar-refractivity contribution in [3.63, 3.8) is 0 Å². The topological polar surface area (TPSA) is 175 Å². The van der Waals surface area contributed by atoms with Crippen molar-refractivity contribution >= 4 is 82.4 Å². The molecule has 0 aromatic heterocycles. The van der Waals surface area contributed by atoms with Crippen LogP contribution in [0.2, 0.25) is 0 Å². The Bertz CT molecular complexity index is 2680. The molecule has 0 amide bonds. The van der Waals surface area contributed by atoms with Crippen LogP contribution in [0.1, 0.15) is 58.1 Å². The number of carbonyl (C=O) groups is 2. The number of ether oxygens (including phenoxy) is 4. The summed E-state index contributed by atoms with van der Waals surface area (Å²) in [5, 5.41) is 15.6. The fourth-order valence-electron chi connectivity index (χ4n) is 8.68. The number of nitrogens with zero attached hydrogens (tertiary/aromatic N) is 3. The lowest BCUT2D eigenvalue weighted by Crippen LogP contribution is -2.21. The van der Waals surface area contributed by atoms with Crippen molar-refractivity contribution in [1.82, 2.24) is 9.80 Å². The molecule has 2 fully saturated rings. The number of halogens is 2. The number of carbonyl (C=O) groups excluding carboxylic acids is 2. The van der Waals surface area contributed by atoms with Crippen molar-refractivity contribution in [3.8, 4) is 11.5 Å². The number of hydrogen-bond donors (Lipinski definition) is 3. The van der Waals surface area contributed by atoms with Gasteiger partial charge in [0.1, 0.15) is 36.7 Å². The summed E-state index contributed by atoms with van der Waals surface area (Å²) in [7, 11) is 8.51. The van der Waals surface area contributed by atoms with Crippen molar-refractivity contribution < 1.29 is 33.4 Å². The van der Waals surface area contributed by atoms with Crippen molar-refractivity contribution in [1.29, 1.82) is 5.41 Å². The lowest BCUT2D eigenvalue weighted by atomic mass is 9.91. The second-order valence-corrected chi connectivity index (χ2v) is 17.1. The van der Waals surface area contributed by atoms with Gasteiger partial charge < -0.3 is 45.1 Å². The number of amidine groups is 2. The van der Waals surface area contributed by atoms with Gasteiger partial charge >= 0.3 is 11.9 Å². The molecule has 6 aromatic carbocycles. The molecule has 5 N–H and O–H groups in total. The van der Waals surface area contributed by atoms with E-state index in [4.69, 9.17) is 40.7 Å². The molecule has 68 heavy (non-hydrogen) atoms. The molecule has 2 aliphatic heterocycles. The maximum atomic E-state index is 12.7. The molecule has 0 radical (unpaired) electrons. The first-order valence-electron chi connectivity index (χ1n) is 22.4. The minimum atomic E-state index is -0.419. The minimum absolute atomic E-state index is 0.0382. The fourth-order valence-corrected chi connectivity index (χ4v) is 8.68. The summed E-state index contributed by atoms with van der Waals surface area (Å²) in [4.78, 5) is 34.6. The predicted molar refractivity (Wildman–Crippen MR) is 288 cm³/mol. The van der Waals surface area contributed by atoms with Crippen LogP contribution in [0.25, 0.3) is 21.5 Å². The van der Waals surface area contributed by atoms with Gasteiger partial charge in [0.05, 0.1) is 26.1 Å². The first-order valence-corrected chi connectivity index (χ1v) is 28.6. The average molecular weight is 1150 g/mol. The van der Waals surface area contributed by atoms with Gasteiger partial charge in [0.2, 0.25) is 0 Å². The Morgan fingerprint density at radius 2 is 1.03 bits per heavy atom. The van der Waals surface area contributed by atoms with Gasteiger partial charge in [-0.2, -0.15) is 0 Å². The van der Waals surface area contributed by atoms with Crippen molar-refractivity contribution in [2.24, 2.45) is 16.6 Å². The maximum Gasteiger partial charge on any atom is 0.313 e. The summed E-state index contributed by atoms with van der Waals surface area (Å²) in [6.07, 6.45) is 3.49. The Kier molecular flexibility index (Phi) is 19.2. The van der Waals surface area contributed by atoms with Crippen LogP contribution in [0.5, 0.6) is 11.5 Å². The molecular weight excluding hydrogens is 1090 g/mol. The first-order chi connectivity index (χ1) is 32.9. The van der Waals surface area contributed by atoms with Gasteiger partial charge in [-0.15, -0.1) is 0 Å². The number of methoxy groups -OCH3 is 2. The second kappa shape index (κ2) is 25.2. The Morgan fingerprint density at radius 1 is 0.618 bits per heavy atom. The molecule has 8 rings (SSSR count). The Labute approximate surface area is 422 Å². The van der Waals surface area contributed by atoms with Crippen LogP contribution in [0.3, 0.4) is 0 Å². The predicted octanol–water partition coefficient (Wildman–Crippen LogP) is 9.17. The molecule has 2 heterocycles. The fraction of sp³-hybridized carbons (Fsp3) is 0.321. The van der Waals surface area contributed by atoms with E-state index in [2.05, 4.69) is 72.3 Å². The van der Waals surface area contributed by atoms with Crippen LogP contribution in [0, 0.1) is 5.41 Å². The SMILES string of the molecule is CO/N=C(/N)c1ccc2ccc(CC(C(=O)OC)c3ccc(OC4CCN(C)C4)cc3)cc2c1.COC(=O)C(Cc1ccc2ccc(C(=N)N)cc2c1)c1ccc(OC2CCN(C)C2)cc1.II. The first kappa shape index (κ1) is 51.9. The van der Waals surface area contributed by atoms with Crippen molar-refractivity contribution in [2.45, 2.75) is 49.7 Å². The van der Waals surface area contributed by atoms with Gasteiger partial charge in [0, 0.05) is 74.5 Å². The number of nitrogens with two attached hydrogens (primary N) is 2. The molecule has 0 spiro atoms. The molecule has 0 bridgehead atoms. The number of nitrogens with one attached hydrogen (secondary N) is 1. The number of likely N-dealkylation sites (N-methyl/N-ethyl adjacent to an activating group) is 2. The van der Waals surface area contributed by atoms with Crippen LogP contribution in [0.4, 0.5) is 0 Å². The van der Waals surface area contributed by atoms with Crippen LogP contribution >= 0.6 is 37.2 Å². The van der Waals surface area contributed by atoms with Gasteiger partial charge in [-0.25, -0.2) is 0 Å². The summed E-state index contributed by atoms with van der Waals surface area (Å²) in [5.41, 5.74) is 16.9. The number of nitrogen functional groups attached to an aromatic ring is 1. The third kappa shape index (κ3) is 14.0. The number of fused-ring (bicyclic) bond motifs is 2. The van der Waals surface area contributed by atoms with Gasteiger partial charge in [0.15, 0.2) is 5.84 Å². The largest absolute Gasteiger partial charge is 0.489 e. The molecule has 13 nitrogen and oxygen atoms in total. The third-order valence-electron chi connectivity index (χ3n) is 12.3. The van der Waals surface area contributed by atoms with Gasteiger partial charge in [0.25, 0.3) is 0 Å². The van der Waals surface area contributed by atoms with Gasteiger partial charge in [-0.3, -0.25) is 15.0 Å². The van der Waals surface area contributed by atoms with Gasteiger partial charge in [-0.05, 0) is 120 Å². The highest BCUT2D eigenvalue weighted by Crippen LogP contribution is 2.30. The van der Waals surface area contributed by atoms with E-state index in [1.807, 2.05) is 115 Å². The molecule has 0 saturated carbocycles. The Balaban J connectivity index is 0.000000216. The van der Waals surface area contributed by atoms with Crippen LogP contribution < -0.4 is 20.9 Å². The molecule has 4 atom stereocenters. The number of benzene rings is 6. The molecule has 15 heteroatoms. The van der Waals surface area contributed by atoms with E-state index in [9.17, 15) is 9.59 Å². The van der Waals surface area contributed by atoms with Crippen LogP contribution in [-0.4, -0.2) is 107 Å². The smallest absolute Gasteiger partial charge is 0.313 e. The van der Waals surface area contributed by atoms with Crippen molar-refractivity contribution in [3.05, 3.63) is 155 Å². The Morgan fingerprint density at radius 3 is 1.41 bits per heavy atom. The molecule has 2 saturated heterocycles. The van der Waals surface area contributed by atoms with E-state index < -0.39 is 11.8 Å². The highest BCUT2D eigenvalue weighted by Gasteiger charge is 2.26. The van der Waals surface area contributed by atoms with Crippen LogP contribution in [0.15, 0.2) is 126 Å². The third-order valence-corrected chi connectivity index (χ3v) is 12.3. The highest BCUT2D eigenvalue weighted by molar-refractivity contribution is 15.0. The summed E-state index contributed by atoms with van der Waals surface area (Å²) >= 11 is 4.24. The Hall–Kier alpha value is -5.50. The number of hydrogen-bond acceptors (Lipinski definition) is 11. The molecule has 6 aromatic rings. The van der Waals surface area contributed by atoms with E-state index in [0.29, 0.717) is 24.2 Å². The summed E-state index contributed by atoms with van der Waals surface area (Å²) < 4.78 is 22.4. The van der Waals surface area contributed by atoms with E-state index in [-0.39, 0.29) is 30.0 Å². The number of esters is 2. The van der Waals surface area contributed by atoms with Crippen LogP contribution in [-0.2, 0) is 36.7 Å². The molecular formula is C53H60I2N6O7. The zero-order valence-corrected chi connectivity index (χ0v) is 43.4. The standard InChI is InChI=1S/C27H31N3O4.C26H29N3O3.I2/c1-30-13-12-24(17-30)34-23-10-8-20(9-11-23)25(27(31)32-2)15-18-4-5-19-6-7-21(16-22(19)14-18)26(28)29-33-3;1-29-12-11-23(16-29)32-22-9-7-19(8-10-22)24(26(30)31-2)14-17-3-4-18-5-6-20(25(27)28)15-21(18)13-17;1-2/h4-11,14,16,24-25H,12-13,15,17H2,1-3H3,(H2,28,29);3-10,13,15,23-24H,11-12,14,16H2,1-2H3,(H3,27,28);. The summed E-state index contributed by atoms with van der Waals surface area (Å²) in [6, 6.07) is 39.4. The van der Waals surface area contributed by atoms with Crippen molar-refractivity contribution in [2.75, 3.05) is 61.6 Å². The maximum absolute atomic E-state index is 12.7.